The smallest absolute Gasteiger partial charge is 0.107 e. The molecule has 25 heavy (non-hydrogen) atoms. The Labute approximate surface area is 148 Å². The molecule has 2 fully saturated rings. The predicted octanol–water partition coefficient (Wildman–Crippen LogP) is 4.63. The van der Waals surface area contributed by atoms with Crippen LogP contribution in [0.1, 0.15) is 56.2 Å². The van der Waals surface area contributed by atoms with Gasteiger partial charge in [0.05, 0.1) is 11.2 Å². The molecule has 0 radical (unpaired) electrons. The van der Waals surface area contributed by atoms with Gasteiger partial charge in [-0.15, -0.1) is 0 Å². The van der Waals surface area contributed by atoms with Crippen LogP contribution in [-0.2, 0) is 5.54 Å². The minimum atomic E-state index is -0.292. The molecule has 3 aliphatic rings. The molecule has 2 saturated carbocycles. The Morgan fingerprint density at radius 2 is 1.92 bits per heavy atom. The third kappa shape index (κ3) is 2.15. The summed E-state index contributed by atoms with van der Waals surface area (Å²) in [6, 6.07) is 8.61. The highest BCUT2D eigenvalue weighted by molar-refractivity contribution is 5.92. The molecule has 0 saturated heterocycles. The zero-order valence-corrected chi connectivity index (χ0v) is 14.6. The highest BCUT2D eigenvalue weighted by Crippen LogP contribution is 2.45. The second-order valence-electron chi connectivity index (χ2n) is 7.83. The summed E-state index contributed by atoms with van der Waals surface area (Å²) in [7, 11) is 0. The monoisotopic (exact) mass is 331 g/mol. The van der Waals surface area contributed by atoms with Crippen LogP contribution in [-0.4, -0.2) is 4.57 Å². The van der Waals surface area contributed by atoms with Gasteiger partial charge in [-0.2, -0.15) is 0 Å². The summed E-state index contributed by atoms with van der Waals surface area (Å²) in [6.07, 6.45) is 14.5. The lowest BCUT2D eigenvalue weighted by molar-refractivity contribution is 0.355. The largest absolute Gasteiger partial charge is 0.385 e. The molecule has 5 rings (SSSR count). The fourth-order valence-electron chi connectivity index (χ4n) is 4.81. The second-order valence-corrected chi connectivity index (χ2v) is 7.83. The van der Waals surface area contributed by atoms with Gasteiger partial charge < -0.3 is 11.5 Å². The number of aromatic nitrogens is 1. The molecule has 2 bridgehead atoms. The van der Waals surface area contributed by atoms with Gasteiger partial charge in [-0.1, -0.05) is 35.9 Å². The summed E-state index contributed by atoms with van der Waals surface area (Å²) in [5.74, 6) is 0.914. The van der Waals surface area contributed by atoms with Gasteiger partial charge in [0.2, 0.25) is 0 Å². The Kier molecular flexibility index (Phi) is 3.23. The van der Waals surface area contributed by atoms with Crippen molar-refractivity contribution in [3.05, 3.63) is 58.8 Å². The highest BCUT2D eigenvalue weighted by atomic mass is 15.1. The summed E-state index contributed by atoms with van der Waals surface area (Å²) in [5.41, 5.74) is 19.9. The number of allylic oxidation sites excluding steroid dienone is 3. The van der Waals surface area contributed by atoms with E-state index in [1.54, 1.807) is 0 Å². The molecule has 1 aromatic heterocycles. The SMILES string of the molecule is NC(=C1CCC1)n1c2c(c3ccccc31)C1(N)CCC/C(=C/C=C\2)C1. The van der Waals surface area contributed by atoms with E-state index in [4.69, 9.17) is 11.5 Å². The van der Waals surface area contributed by atoms with Crippen molar-refractivity contribution in [3.8, 4) is 0 Å². The molecule has 0 aliphatic heterocycles. The number of fused-ring (bicyclic) bond motifs is 6. The van der Waals surface area contributed by atoms with Crippen LogP contribution in [0.25, 0.3) is 22.8 Å². The Morgan fingerprint density at radius 1 is 1.08 bits per heavy atom. The Hall–Kier alpha value is -2.26. The van der Waals surface area contributed by atoms with Crippen LogP contribution < -0.4 is 11.5 Å². The first kappa shape index (κ1) is 15.0. The molecule has 3 aliphatic carbocycles. The average Bonchev–Trinajstić information content (AvgIpc) is 2.87. The topological polar surface area (TPSA) is 57.0 Å². The third-order valence-corrected chi connectivity index (χ3v) is 6.22. The van der Waals surface area contributed by atoms with Crippen molar-refractivity contribution in [2.75, 3.05) is 0 Å². The maximum Gasteiger partial charge on any atom is 0.107 e. The van der Waals surface area contributed by atoms with Gasteiger partial charge in [-0.3, -0.25) is 4.57 Å². The molecule has 128 valence electrons. The predicted molar refractivity (Wildman–Crippen MR) is 105 cm³/mol. The van der Waals surface area contributed by atoms with E-state index in [2.05, 4.69) is 47.1 Å². The zero-order chi connectivity index (χ0) is 17.0. The summed E-state index contributed by atoms with van der Waals surface area (Å²) >= 11 is 0. The maximum absolute atomic E-state index is 7.04. The first-order chi connectivity index (χ1) is 12.2. The number of hydrogen-bond donors (Lipinski definition) is 2. The van der Waals surface area contributed by atoms with Gasteiger partial charge in [-0.05, 0) is 62.7 Å². The summed E-state index contributed by atoms with van der Waals surface area (Å²) < 4.78 is 2.26. The molecular formula is C22H25N3. The van der Waals surface area contributed by atoms with E-state index >= 15 is 0 Å². The fraction of sp³-hybridized carbons (Fsp3) is 0.364. The number of nitrogens with two attached hydrogens (primary N) is 2. The van der Waals surface area contributed by atoms with Gasteiger partial charge >= 0.3 is 0 Å². The molecule has 3 nitrogen and oxygen atoms in total. The third-order valence-electron chi connectivity index (χ3n) is 6.22. The molecule has 1 atom stereocenters. The van der Waals surface area contributed by atoms with E-state index in [1.807, 2.05) is 0 Å². The van der Waals surface area contributed by atoms with Crippen LogP contribution in [0, 0.1) is 0 Å². The summed E-state index contributed by atoms with van der Waals surface area (Å²) in [5, 5.41) is 1.26. The van der Waals surface area contributed by atoms with Crippen molar-refractivity contribution in [2.45, 2.75) is 50.5 Å². The second kappa shape index (κ2) is 5.37. The van der Waals surface area contributed by atoms with Crippen molar-refractivity contribution in [1.29, 1.82) is 0 Å². The number of nitrogens with zero attached hydrogens (tertiary/aromatic N) is 1. The van der Waals surface area contributed by atoms with Crippen LogP contribution >= 0.6 is 0 Å². The number of hydrogen-bond acceptors (Lipinski definition) is 2. The summed E-state index contributed by atoms with van der Waals surface area (Å²) in [4.78, 5) is 0. The zero-order valence-electron chi connectivity index (χ0n) is 14.6. The van der Waals surface area contributed by atoms with Gasteiger partial charge in [0, 0.05) is 16.5 Å². The fourth-order valence-corrected chi connectivity index (χ4v) is 4.81. The summed E-state index contributed by atoms with van der Waals surface area (Å²) in [6.45, 7) is 0. The molecule has 4 N–H and O–H groups in total. The molecule has 0 spiro atoms. The van der Waals surface area contributed by atoms with Crippen molar-refractivity contribution < 1.29 is 0 Å². The van der Waals surface area contributed by atoms with E-state index in [-0.39, 0.29) is 5.54 Å². The van der Waals surface area contributed by atoms with Crippen LogP contribution in [0.3, 0.4) is 0 Å². The van der Waals surface area contributed by atoms with Crippen LogP contribution in [0.4, 0.5) is 0 Å². The Bertz CT molecular complexity index is 951. The van der Waals surface area contributed by atoms with E-state index in [1.165, 1.54) is 46.1 Å². The van der Waals surface area contributed by atoms with Crippen LogP contribution in [0.5, 0.6) is 0 Å². The lowest BCUT2D eigenvalue weighted by Crippen LogP contribution is -2.40. The van der Waals surface area contributed by atoms with E-state index < -0.39 is 0 Å². The van der Waals surface area contributed by atoms with Crippen molar-refractivity contribution in [3.63, 3.8) is 0 Å². The molecule has 1 unspecified atom stereocenters. The first-order valence-corrected chi connectivity index (χ1v) is 9.44. The van der Waals surface area contributed by atoms with Crippen LogP contribution in [0.2, 0.25) is 0 Å². The van der Waals surface area contributed by atoms with Gasteiger partial charge in [0.25, 0.3) is 0 Å². The average molecular weight is 331 g/mol. The van der Waals surface area contributed by atoms with E-state index in [0.717, 1.165) is 37.9 Å². The highest BCUT2D eigenvalue weighted by Gasteiger charge is 2.37. The quantitative estimate of drug-likeness (QED) is 0.800. The molecule has 1 heterocycles. The standard InChI is InChI=1S/C22H25N3/c23-21(16-8-4-9-16)25-18-11-2-1-10-17(18)20-19(25)12-3-6-15-7-5-13-22(20,24)14-15/h1-3,6,10-12H,4-5,7-9,13-14,23-24H2/b12-3-,15-6-. The van der Waals surface area contributed by atoms with Crippen molar-refractivity contribution >= 4 is 22.8 Å². The number of rotatable bonds is 1. The van der Waals surface area contributed by atoms with Crippen LogP contribution in [0.15, 0.2) is 47.6 Å². The normalized spacial score (nSPS) is 28.4. The lowest BCUT2D eigenvalue weighted by Gasteiger charge is -2.36. The number of para-hydroxylation sites is 1. The molecule has 0 amide bonds. The first-order valence-electron chi connectivity index (χ1n) is 9.44. The van der Waals surface area contributed by atoms with Crippen molar-refractivity contribution in [2.24, 2.45) is 11.5 Å². The minimum Gasteiger partial charge on any atom is -0.385 e. The molecular weight excluding hydrogens is 306 g/mol. The van der Waals surface area contributed by atoms with Gasteiger partial charge in [0.1, 0.15) is 5.82 Å². The van der Waals surface area contributed by atoms with Gasteiger partial charge in [-0.25, -0.2) is 0 Å². The maximum atomic E-state index is 7.04. The Balaban J connectivity index is 1.87. The molecule has 2 aromatic rings. The number of benzene rings is 1. The molecule has 3 heteroatoms. The van der Waals surface area contributed by atoms with Gasteiger partial charge in [0.15, 0.2) is 0 Å². The van der Waals surface area contributed by atoms with E-state index in [0.29, 0.717) is 0 Å². The van der Waals surface area contributed by atoms with E-state index in [9.17, 15) is 0 Å². The lowest BCUT2D eigenvalue weighted by atomic mass is 9.73. The minimum absolute atomic E-state index is 0.292. The van der Waals surface area contributed by atoms with Crippen molar-refractivity contribution in [1.82, 2.24) is 4.57 Å². The Morgan fingerprint density at radius 3 is 2.72 bits per heavy atom. The molecule has 1 aromatic carbocycles.